The van der Waals surface area contributed by atoms with E-state index in [1.165, 1.54) is 4.90 Å². The average Bonchev–Trinajstić information content (AvgIpc) is 2.25. The van der Waals surface area contributed by atoms with Gasteiger partial charge in [0.15, 0.2) is 0 Å². The zero-order chi connectivity index (χ0) is 12.0. The second kappa shape index (κ2) is 6.27. The van der Waals surface area contributed by atoms with Gasteiger partial charge in [0.2, 0.25) is 0 Å². The van der Waals surface area contributed by atoms with E-state index < -0.39 is 6.09 Å². The first-order valence-electron chi connectivity index (χ1n) is 4.88. The molecule has 1 amide bonds. The Hall–Kier alpha value is -1.36. The van der Waals surface area contributed by atoms with Crippen molar-refractivity contribution < 1.29 is 9.90 Å². The van der Waals surface area contributed by atoms with Gasteiger partial charge in [-0.2, -0.15) is 0 Å². The molecular weight excluding hydrogens is 272 g/mol. The average molecular weight is 285 g/mol. The van der Waals surface area contributed by atoms with Crippen LogP contribution < -0.4 is 4.90 Å². The van der Waals surface area contributed by atoms with Crippen LogP contribution in [0.4, 0.5) is 10.5 Å². The molecule has 0 aliphatic heterocycles. The van der Waals surface area contributed by atoms with Gasteiger partial charge in [-0.15, -0.1) is 6.58 Å². The lowest BCUT2D eigenvalue weighted by Gasteiger charge is -2.19. The molecule has 1 N–H and O–H groups in total. The summed E-state index contributed by atoms with van der Waals surface area (Å²) in [5.74, 6) is 0. The summed E-state index contributed by atoms with van der Waals surface area (Å²) >= 11 is 3.24. The largest absolute Gasteiger partial charge is 0.465 e. The van der Waals surface area contributed by atoms with E-state index in [1.807, 2.05) is 0 Å². The summed E-state index contributed by atoms with van der Waals surface area (Å²) in [6.45, 7) is 4.04. The lowest BCUT2D eigenvalue weighted by atomic mass is 10.3. The summed E-state index contributed by atoms with van der Waals surface area (Å²) in [4.78, 5) is 16.4. The van der Waals surface area contributed by atoms with E-state index in [1.54, 1.807) is 24.4 Å². The van der Waals surface area contributed by atoms with Gasteiger partial charge in [-0.3, -0.25) is 4.90 Å². The van der Waals surface area contributed by atoms with Crippen LogP contribution in [0.1, 0.15) is 12.8 Å². The molecule has 0 aliphatic carbocycles. The van der Waals surface area contributed by atoms with Crippen molar-refractivity contribution in [3.05, 3.63) is 35.6 Å². The number of amides is 1. The molecular formula is C11H13BrN2O2. The predicted molar refractivity (Wildman–Crippen MR) is 66.7 cm³/mol. The molecule has 0 aliphatic rings. The molecule has 0 fully saturated rings. The Labute approximate surface area is 103 Å². The zero-order valence-electron chi connectivity index (χ0n) is 8.77. The lowest BCUT2D eigenvalue weighted by molar-refractivity contribution is 0.201. The third kappa shape index (κ3) is 3.34. The van der Waals surface area contributed by atoms with Crippen molar-refractivity contribution in [2.75, 3.05) is 11.4 Å². The molecule has 16 heavy (non-hydrogen) atoms. The number of hydrogen-bond acceptors (Lipinski definition) is 2. The van der Waals surface area contributed by atoms with Gasteiger partial charge in [0.05, 0.1) is 5.69 Å². The first-order chi connectivity index (χ1) is 7.66. The van der Waals surface area contributed by atoms with Gasteiger partial charge < -0.3 is 5.11 Å². The smallest absolute Gasteiger partial charge is 0.411 e. The minimum absolute atomic E-state index is 0.436. The van der Waals surface area contributed by atoms with Gasteiger partial charge in [-0.1, -0.05) is 6.08 Å². The molecule has 1 rings (SSSR count). The molecule has 0 unspecified atom stereocenters. The van der Waals surface area contributed by atoms with Crippen molar-refractivity contribution in [2.24, 2.45) is 0 Å². The number of carbonyl (C=O) groups is 1. The quantitative estimate of drug-likeness (QED) is 0.513. The second-order valence-electron chi connectivity index (χ2n) is 3.18. The maximum Gasteiger partial charge on any atom is 0.411 e. The Balaban J connectivity index is 2.81. The van der Waals surface area contributed by atoms with Gasteiger partial charge in [-0.05, 0) is 40.9 Å². The Morgan fingerprint density at radius 3 is 3.00 bits per heavy atom. The number of hydrogen-bond donors (Lipinski definition) is 1. The van der Waals surface area contributed by atoms with Crippen molar-refractivity contribution >= 4 is 27.7 Å². The van der Waals surface area contributed by atoms with E-state index in [0.29, 0.717) is 16.8 Å². The molecule has 0 atom stereocenters. The van der Waals surface area contributed by atoms with Crippen LogP contribution in [-0.4, -0.2) is 22.7 Å². The molecule has 0 radical (unpaired) electrons. The summed E-state index contributed by atoms with van der Waals surface area (Å²) in [5, 5.41) is 9.10. The van der Waals surface area contributed by atoms with Gasteiger partial charge in [-0.25, -0.2) is 9.78 Å². The molecule has 0 saturated heterocycles. The summed E-state index contributed by atoms with van der Waals surface area (Å²) in [6.07, 6.45) is 3.95. The van der Waals surface area contributed by atoms with Crippen LogP contribution in [0.5, 0.6) is 0 Å². The van der Waals surface area contributed by atoms with E-state index in [4.69, 9.17) is 5.11 Å². The number of rotatable bonds is 5. The first kappa shape index (κ1) is 12.7. The van der Waals surface area contributed by atoms with E-state index >= 15 is 0 Å². The number of anilines is 1. The number of aromatic nitrogens is 1. The van der Waals surface area contributed by atoms with Crippen LogP contribution in [0, 0.1) is 0 Å². The molecule has 1 aromatic heterocycles. The summed E-state index contributed by atoms with van der Waals surface area (Å²) in [6, 6.07) is 3.43. The number of pyridine rings is 1. The van der Waals surface area contributed by atoms with Crippen molar-refractivity contribution in [3.8, 4) is 0 Å². The maximum atomic E-state index is 11.1. The standard InChI is InChI=1S/C11H13BrN2O2/c1-2-3-4-8-14(11(15)16)9-6-5-7-13-10(9)12/h2,5-7H,1,3-4,8H2,(H,15,16). The molecule has 1 heterocycles. The number of carboxylic acid groups (broad SMARTS) is 1. The number of unbranched alkanes of at least 4 members (excludes halogenated alkanes) is 1. The summed E-state index contributed by atoms with van der Waals surface area (Å²) in [5.41, 5.74) is 0.569. The van der Waals surface area contributed by atoms with Crippen molar-refractivity contribution in [1.82, 2.24) is 4.98 Å². The molecule has 4 nitrogen and oxygen atoms in total. The van der Waals surface area contributed by atoms with E-state index in [2.05, 4.69) is 27.5 Å². The van der Waals surface area contributed by atoms with Crippen LogP contribution in [-0.2, 0) is 0 Å². The highest BCUT2D eigenvalue weighted by molar-refractivity contribution is 9.10. The number of nitrogens with zero attached hydrogens (tertiary/aromatic N) is 2. The number of halogens is 1. The zero-order valence-corrected chi connectivity index (χ0v) is 10.4. The topological polar surface area (TPSA) is 53.4 Å². The SMILES string of the molecule is C=CCCCN(C(=O)O)c1cccnc1Br. The van der Waals surface area contributed by atoms with Crippen LogP contribution >= 0.6 is 15.9 Å². The monoisotopic (exact) mass is 284 g/mol. The minimum Gasteiger partial charge on any atom is -0.465 e. The maximum absolute atomic E-state index is 11.1. The van der Waals surface area contributed by atoms with Crippen molar-refractivity contribution in [2.45, 2.75) is 12.8 Å². The Bertz CT molecular complexity index is 382. The third-order valence-electron chi connectivity index (χ3n) is 2.05. The van der Waals surface area contributed by atoms with Crippen LogP contribution in [0.3, 0.4) is 0 Å². The fourth-order valence-corrected chi connectivity index (χ4v) is 1.76. The fourth-order valence-electron chi connectivity index (χ4n) is 1.29. The number of allylic oxidation sites excluding steroid dienone is 1. The van der Waals surface area contributed by atoms with Gasteiger partial charge >= 0.3 is 6.09 Å². The minimum atomic E-state index is -0.974. The van der Waals surface area contributed by atoms with Crippen molar-refractivity contribution in [1.29, 1.82) is 0 Å². The summed E-state index contributed by atoms with van der Waals surface area (Å²) in [7, 11) is 0. The fraction of sp³-hybridized carbons (Fsp3) is 0.273. The molecule has 0 aromatic carbocycles. The molecule has 86 valence electrons. The van der Waals surface area contributed by atoms with Crippen molar-refractivity contribution in [3.63, 3.8) is 0 Å². The van der Waals surface area contributed by atoms with E-state index in [-0.39, 0.29) is 0 Å². The van der Waals surface area contributed by atoms with Crippen LogP contribution in [0.25, 0.3) is 0 Å². The predicted octanol–water partition coefficient (Wildman–Crippen LogP) is 3.29. The second-order valence-corrected chi connectivity index (χ2v) is 3.93. The molecule has 0 spiro atoms. The van der Waals surface area contributed by atoms with E-state index in [9.17, 15) is 4.79 Å². The van der Waals surface area contributed by atoms with E-state index in [0.717, 1.165) is 12.8 Å². The molecule has 0 bridgehead atoms. The Kier molecular flexibility index (Phi) is 4.98. The van der Waals surface area contributed by atoms with Gasteiger partial charge in [0.1, 0.15) is 4.60 Å². The first-order valence-corrected chi connectivity index (χ1v) is 5.68. The lowest BCUT2D eigenvalue weighted by Crippen LogP contribution is -2.30. The highest BCUT2D eigenvalue weighted by atomic mass is 79.9. The summed E-state index contributed by atoms with van der Waals surface area (Å²) < 4.78 is 0.538. The third-order valence-corrected chi connectivity index (χ3v) is 2.66. The molecule has 0 saturated carbocycles. The van der Waals surface area contributed by atoms with Crippen LogP contribution in [0.15, 0.2) is 35.6 Å². The Morgan fingerprint density at radius 1 is 1.69 bits per heavy atom. The molecule has 5 heteroatoms. The highest BCUT2D eigenvalue weighted by Gasteiger charge is 2.16. The normalized spacial score (nSPS) is 9.81. The van der Waals surface area contributed by atoms with Crippen LogP contribution in [0.2, 0.25) is 0 Å². The molecule has 1 aromatic rings. The Morgan fingerprint density at radius 2 is 2.44 bits per heavy atom. The highest BCUT2D eigenvalue weighted by Crippen LogP contribution is 2.23. The van der Waals surface area contributed by atoms with Gasteiger partial charge in [0.25, 0.3) is 0 Å². The van der Waals surface area contributed by atoms with Gasteiger partial charge in [0, 0.05) is 12.7 Å².